The monoisotopic (exact) mass is 320 g/mol. The third-order valence-corrected chi connectivity index (χ3v) is 3.53. The van der Waals surface area contributed by atoms with Crippen LogP contribution in [-0.2, 0) is 0 Å². The number of halogens is 2. The van der Waals surface area contributed by atoms with Crippen LogP contribution in [0.25, 0.3) is 6.08 Å². The van der Waals surface area contributed by atoms with Crippen molar-refractivity contribution in [2.45, 2.75) is 0 Å². The molecule has 0 amide bonds. The second-order valence-electron chi connectivity index (χ2n) is 4.25. The molecule has 2 rings (SSSR count). The maximum absolute atomic E-state index is 12.0. The van der Waals surface area contributed by atoms with Crippen LogP contribution in [0.2, 0.25) is 10.0 Å². The molecule has 0 bridgehead atoms. The summed E-state index contributed by atoms with van der Waals surface area (Å²) in [6.45, 7) is 0. The minimum atomic E-state index is -1.03. The van der Waals surface area contributed by atoms with Gasteiger partial charge < -0.3 is 5.11 Å². The zero-order chi connectivity index (χ0) is 15.4. The van der Waals surface area contributed by atoms with E-state index in [0.717, 1.165) is 5.56 Å². The molecule has 106 valence electrons. The molecule has 3 nitrogen and oxygen atoms in total. The molecule has 0 aromatic heterocycles. The van der Waals surface area contributed by atoms with Gasteiger partial charge in [-0.1, -0.05) is 47.5 Å². The molecule has 0 saturated heterocycles. The Morgan fingerprint density at radius 1 is 0.905 bits per heavy atom. The van der Waals surface area contributed by atoms with E-state index in [0.29, 0.717) is 15.6 Å². The highest BCUT2D eigenvalue weighted by atomic mass is 35.5. The first-order chi connectivity index (χ1) is 9.97. The van der Waals surface area contributed by atoms with E-state index in [1.165, 1.54) is 30.3 Å². The van der Waals surface area contributed by atoms with Gasteiger partial charge in [-0.05, 0) is 35.9 Å². The lowest BCUT2D eigenvalue weighted by molar-refractivity contribution is 0.0696. The largest absolute Gasteiger partial charge is 0.478 e. The Morgan fingerprint density at radius 3 is 2.10 bits per heavy atom. The zero-order valence-corrected chi connectivity index (χ0v) is 12.2. The molecule has 0 spiro atoms. The molecule has 0 aliphatic carbocycles. The van der Waals surface area contributed by atoms with Gasteiger partial charge in [0.15, 0.2) is 5.78 Å². The van der Waals surface area contributed by atoms with Crippen molar-refractivity contribution in [3.05, 3.63) is 75.3 Å². The highest BCUT2D eigenvalue weighted by Crippen LogP contribution is 2.23. The smallest absolute Gasteiger partial charge is 0.335 e. The van der Waals surface area contributed by atoms with Crippen molar-refractivity contribution >= 4 is 41.0 Å². The lowest BCUT2D eigenvalue weighted by atomic mass is 10.1. The van der Waals surface area contributed by atoms with Gasteiger partial charge in [-0.15, -0.1) is 0 Å². The summed E-state index contributed by atoms with van der Waals surface area (Å²) in [7, 11) is 0. The molecule has 0 aliphatic heterocycles. The number of carbonyl (C=O) groups excluding carboxylic acids is 1. The minimum Gasteiger partial charge on any atom is -0.478 e. The predicted octanol–water partition coefficient (Wildman–Crippen LogP) is 4.59. The van der Waals surface area contributed by atoms with E-state index < -0.39 is 5.97 Å². The van der Waals surface area contributed by atoms with Crippen molar-refractivity contribution in [1.29, 1.82) is 0 Å². The van der Waals surface area contributed by atoms with Gasteiger partial charge in [0.2, 0.25) is 0 Å². The average Bonchev–Trinajstić information content (AvgIpc) is 2.48. The van der Waals surface area contributed by atoms with Gasteiger partial charge in [0.25, 0.3) is 0 Å². The number of carbonyl (C=O) groups is 2. The summed E-state index contributed by atoms with van der Waals surface area (Å²) in [5, 5.41) is 9.66. The Hall–Kier alpha value is -2.10. The number of hydrogen-bond acceptors (Lipinski definition) is 2. The first kappa shape index (κ1) is 15.3. The molecular weight excluding hydrogens is 311 g/mol. The highest BCUT2D eigenvalue weighted by Gasteiger charge is 2.05. The Balaban J connectivity index is 2.14. The van der Waals surface area contributed by atoms with Crippen LogP contribution in [0.4, 0.5) is 0 Å². The van der Waals surface area contributed by atoms with E-state index >= 15 is 0 Å². The van der Waals surface area contributed by atoms with Gasteiger partial charge in [0.1, 0.15) is 0 Å². The Kier molecular flexibility index (Phi) is 4.78. The Morgan fingerprint density at radius 2 is 1.52 bits per heavy atom. The lowest BCUT2D eigenvalue weighted by Gasteiger charge is -1.99. The fraction of sp³-hybridized carbons (Fsp3) is 0. The van der Waals surface area contributed by atoms with E-state index in [-0.39, 0.29) is 11.3 Å². The third-order valence-electron chi connectivity index (χ3n) is 2.79. The van der Waals surface area contributed by atoms with E-state index in [9.17, 15) is 9.59 Å². The van der Waals surface area contributed by atoms with Crippen molar-refractivity contribution in [1.82, 2.24) is 0 Å². The number of allylic oxidation sites excluding steroid dienone is 1. The van der Waals surface area contributed by atoms with Crippen LogP contribution >= 0.6 is 23.2 Å². The maximum atomic E-state index is 12.0. The molecule has 2 aromatic carbocycles. The molecule has 1 N–H and O–H groups in total. The minimum absolute atomic E-state index is 0.139. The summed E-state index contributed by atoms with van der Waals surface area (Å²) in [5.74, 6) is -1.25. The van der Waals surface area contributed by atoms with Crippen molar-refractivity contribution in [2.24, 2.45) is 0 Å². The predicted molar refractivity (Wildman–Crippen MR) is 83.2 cm³/mol. The molecule has 21 heavy (non-hydrogen) atoms. The van der Waals surface area contributed by atoms with Crippen molar-refractivity contribution in [3.63, 3.8) is 0 Å². The molecule has 5 heteroatoms. The fourth-order valence-corrected chi connectivity index (χ4v) is 1.97. The van der Waals surface area contributed by atoms with Crippen LogP contribution in [-0.4, -0.2) is 16.9 Å². The molecule has 0 saturated carbocycles. The van der Waals surface area contributed by atoms with E-state index in [1.807, 2.05) is 0 Å². The number of rotatable bonds is 4. The first-order valence-corrected chi connectivity index (χ1v) is 6.74. The normalized spacial score (nSPS) is 10.8. The first-order valence-electron chi connectivity index (χ1n) is 5.98. The van der Waals surface area contributed by atoms with Crippen LogP contribution in [0.3, 0.4) is 0 Å². The van der Waals surface area contributed by atoms with Gasteiger partial charge >= 0.3 is 5.97 Å². The molecular formula is C16H10Cl2O3. The van der Waals surface area contributed by atoms with E-state index in [4.69, 9.17) is 28.3 Å². The highest BCUT2D eigenvalue weighted by molar-refractivity contribution is 6.42. The van der Waals surface area contributed by atoms with Crippen LogP contribution in [0.1, 0.15) is 26.3 Å². The molecule has 0 radical (unpaired) electrons. The van der Waals surface area contributed by atoms with Crippen molar-refractivity contribution in [3.8, 4) is 0 Å². The van der Waals surface area contributed by atoms with Crippen LogP contribution in [0.5, 0.6) is 0 Å². The number of aromatic carboxylic acids is 1. The van der Waals surface area contributed by atoms with Gasteiger partial charge in [-0.25, -0.2) is 4.79 Å². The summed E-state index contributed by atoms with van der Waals surface area (Å²) < 4.78 is 0. The molecule has 0 fully saturated rings. The summed E-state index contributed by atoms with van der Waals surface area (Å²) in [4.78, 5) is 22.7. The number of hydrogen-bond donors (Lipinski definition) is 1. The van der Waals surface area contributed by atoms with Crippen molar-refractivity contribution < 1.29 is 14.7 Å². The van der Waals surface area contributed by atoms with Crippen LogP contribution in [0.15, 0.2) is 48.5 Å². The number of carboxylic acids is 1. The van der Waals surface area contributed by atoms with Gasteiger partial charge in [-0.3, -0.25) is 4.79 Å². The summed E-state index contributed by atoms with van der Waals surface area (Å²) >= 11 is 11.7. The summed E-state index contributed by atoms with van der Waals surface area (Å²) in [6.07, 6.45) is 3.02. The quantitative estimate of drug-likeness (QED) is 0.662. The SMILES string of the molecule is O=C(O)c1ccc(C(=O)/C=C/c2ccc(Cl)c(Cl)c2)cc1. The van der Waals surface area contributed by atoms with Crippen LogP contribution in [0, 0.1) is 0 Å². The summed E-state index contributed by atoms with van der Waals surface area (Å²) in [5.41, 5.74) is 1.30. The topological polar surface area (TPSA) is 54.4 Å². The number of carboxylic acid groups (broad SMARTS) is 1. The van der Waals surface area contributed by atoms with E-state index in [2.05, 4.69) is 0 Å². The average molecular weight is 321 g/mol. The summed E-state index contributed by atoms with van der Waals surface area (Å²) in [6, 6.07) is 10.8. The number of benzene rings is 2. The standard InChI is InChI=1S/C16H10Cl2O3/c17-13-7-1-10(9-14(13)18)2-8-15(19)11-3-5-12(6-4-11)16(20)21/h1-9H,(H,20,21)/b8-2+. The van der Waals surface area contributed by atoms with E-state index in [1.54, 1.807) is 24.3 Å². The van der Waals surface area contributed by atoms with Gasteiger partial charge in [-0.2, -0.15) is 0 Å². The van der Waals surface area contributed by atoms with Gasteiger partial charge in [0.05, 0.1) is 15.6 Å². The molecule has 0 atom stereocenters. The maximum Gasteiger partial charge on any atom is 0.335 e. The lowest BCUT2D eigenvalue weighted by Crippen LogP contribution is -1.98. The Bertz CT molecular complexity index is 719. The number of ketones is 1. The molecule has 0 heterocycles. The zero-order valence-electron chi connectivity index (χ0n) is 10.7. The fourth-order valence-electron chi connectivity index (χ4n) is 1.66. The molecule has 0 aliphatic rings. The Labute approximate surface area is 131 Å². The van der Waals surface area contributed by atoms with Crippen molar-refractivity contribution in [2.75, 3.05) is 0 Å². The second-order valence-corrected chi connectivity index (χ2v) is 5.07. The molecule has 0 unspecified atom stereocenters. The molecule has 2 aromatic rings. The third kappa shape index (κ3) is 3.94. The van der Waals surface area contributed by atoms with Crippen LogP contribution < -0.4 is 0 Å². The van der Waals surface area contributed by atoms with Gasteiger partial charge in [0, 0.05) is 5.56 Å². The second kappa shape index (κ2) is 6.57.